The van der Waals surface area contributed by atoms with Gasteiger partial charge >= 0.3 is 61.6 Å². The SMILES string of the molecule is O=C(O)CC(NC(CC(=O)O)C(=O)O)C(=O)O.[CaH2]. The van der Waals surface area contributed by atoms with Crippen LogP contribution in [0.4, 0.5) is 0 Å². The maximum atomic E-state index is 10.6. The zero-order valence-corrected chi connectivity index (χ0v) is 8.49. The van der Waals surface area contributed by atoms with Crippen LogP contribution >= 0.6 is 0 Å². The molecule has 5 N–H and O–H groups in total. The summed E-state index contributed by atoms with van der Waals surface area (Å²) in [6, 6.07) is -3.32. The molecule has 0 aromatic heterocycles. The molecule has 2 atom stereocenters. The van der Waals surface area contributed by atoms with Crippen molar-refractivity contribution in [2.45, 2.75) is 24.9 Å². The van der Waals surface area contributed by atoms with Crippen LogP contribution in [-0.4, -0.2) is 94.1 Å². The fourth-order valence-corrected chi connectivity index (χ4v) is 1.03. The number of aliphatic carboxylic acids is 4. The summed E-state index contributed by atoms with van der Waals surface area (Å²) < 4.78 is 0. The first kappa shape index (κ1) is 19.4. The monoisotopic (exact) mass is 291 g/mol. The van der Waals surface area contributed by atoms with Crippen LogP contribution in [0.25, 0.3) is 0 Å². The van der Waals surface area contributed by atoms with Crippen molar-refractivity contribution in [3.05, 3.63) is 0 Å². The number of rotatable bonds is 8. The van der Waals surface area contributed by atoms with E-state index in [4.69, 9.17) is 20.4 Å². The van der Waals surface area contributed by atoms with Crippen molar-refractivity contribution in [3.8, 4) is 0 Å². The fraction of sp³-hybridized carbons (Fsp3) is 0.500. The van der Waals surface area contributed by atoms with E-state index in [1.54, 1.807) is 0 Å². The number of carboxylic acid groups (broad SMARTS) is 4. The van der Waals surface area contributed by atoms with Gasteiger partial charge in [0.1, 0.15) is 12.1 Å². The molecular formula is C8H13CaNO8. The van der Waals surface area contributed by atoms with Gasteiger partial charge in [-0.15, -0.1) is 0 Å². The van der Waals surface area contributed by atoms with Crippen molar-refractivity contribution < 1.29 is 39.6 Å². The second kappa shape index (κ2) is 9.09. The van der Waals surface area contributed by atoms with Crippen LogP contribution < -0.4 is 5.32 Å². The third-order valence-corrected chi connectivity index (χ3v) is 1.76. The van der Waals surface area contributed by atoms with Crippen LogP contribution in [0.2, 0.25) is 0 Å². The van der Waals surface area contributed by atoms with Gasteiger partial charge in [-0.2, -0.15) is 0 Å². The third kappa shape index (κ3) is 8.23. The molecule has 0 bridgehead atoms. The summed E-state index contributed by atoms with van der Waals surface area (Å²) in [5, 5.41) is 36.0. The Hall–Kier alpha value is -0.900. The standard InChI is InChI=1S/C8H11NO8.Ca.2H/c10-5(11)1-3(7(14)15)9-4(8(16)17)2-6(12)13;;;/h3-4,9H,1-2H2,(H,10,11)(H,12,13)(H,14,15)(H,16,17);;;. The molecule has 9 nitrogen and oxygen atoms in total. The molecule has 0 aliphatic heterocycles. The van der Waals surface area contributed by atoms with E-state index < -0.39 is 48.8 Å². The Morgan fingerprint density at radius 2 is 1.06 bits per heavy atom. The van der Waals surface area contributed by atoms with E-state index in [0.717, 1.165) is 0 Å². The summed E-state index contributed by atoms with van der Waals surface area (Å²) >= 11 is 0. The second-order valence-electron chi connectivity index (χ2n) is 3.14. The molecule has 10 heteroatoms. The predicted octanol–water partition coefficient (Wildman–Crippen LogP) is -2.48. The zero-order chi connectivity index (χ0) is 13.6. The molecular weight excluding hydrogens is 278 g/mol. The number of nitrogens with one attached hydrogen (secondary N) is 1. The summed E-state index contributed by atoms with van der Waals surface area (Å²) in [4.78, 5) is 41.9. The van der Waals surface area contributed by atoms with Crippen molar-refractivity contribution in [3.63, 3.8) is 0 Å². The molecule has 0 radical (unpaired) electrons. The van der Waals surface area contributed by atoms with E-state index in [1.807, 2.05) is 5.32 Å². The average molecular weight is 291 g/mol. The van der Waals surface area contributed by atoms with Gasteiger partial charge in [0.2, 0.25) is 0 Å². The summed E-state index contributed by atoms with van der Waals surface area (Å²) in [5.74, 6) is -6.01. The van der Waals surface area contributed by atoms with E-state index in [9.17, 15) is 19.2 Å². The Bertz CT molecular complexity index is 312. The van der Waals surface area contributed by atoms with E-state index >= 15 is 0 Å². The summed E-state index contributed by atoms with van der Waals surface area (Å²) in [5.41, 5.74) is 0. The number of hydrogen-bond acceptors (Lipinski definition) is 5. The zero-order valence-electron chi connectivity index (χ0n) is 8.49. The van der Waals surface area contributed by atoms with Crippen molar-refractivity contribution in [1.29, 1.82) is 0 Å². The first-order valence-corrected chi connectivity index (χ1v) is 4.39. The molecule has 0 rings (SSSR count). The van der Waals surface area contributed by atoms with Gasteiger partial charge in [-0.1, -0.05) is 0 Å². The summed E-state index contributed by atoms with van der Waals surface area (Å²) in [6.45, 7) is 0. The molecule has 0 saturated heterocycles. The molecule has 0 saturated carbocycles. The molecule has 0 aliphatic rings. The van der Waals surface area contributed by atoms with Gasteiger partial charge in [-0.05, 0) is 0 Å². The van der Waals surface area contributed by atoms with Crippen LogP contribution in [0, 0.1) is 0 Å². The Balaban J connectivity index is 0. The number of hydrogen-bond donors (Lipinski definition) is 5. The van der Waals surface area contributed by atoms with Gasteiger partial charge in [-0.3, -0.25) is 24.5 Å². The molecule has 0 heterocycles. The van der Waals surface area contributed by atoms with Crippen molar-refractivity contribution in [2.24, 2.45) is 0 Å². The Morgan fingerprint density at radius 3 is 1.22 bits per heavy atom. The molecule has 0 amide bonds. The normalized spacial score (nSPS) is 12.9. The number of carboxylic acids is 4. The Morgan fingerprint density at radius 1 is 0.778 bits per heavy atom. The second-order valence-corrected chi connectivity index (χ2v) is 3.14. The van der Waals surface area contributed by atoms with Gasteiger partial charge in [0.15, 0.2) is 0 Å². The minimum absolute atomic E-state index is 0. The van der Waals surface area contributed by atoms with Crippen molar-refractivity contribution >= 4 is 61.6 Å². The van der Waals surface area contributed by atoms with Gasteiger partial charge in [0.05, 0.1) is 12.8 Å². The molecule has 18 heavy (non-hydrogen) atoms. The number of carbonyl (C=O) groups is 4. The maximum absolute atomic E-state index is 10.6. The first-order chi connectivity index (χ1) is 7.73. The van der Waals surface area contributed by atoms with E-state index in [0.29, 0.717) is 0 Å². The van der Waals surface area contributed by atoms with E-state index in [1.165, 1.54) is 0 Å². The van der Waals surface area contributed by atoms with Crippen LogP contribution in [-0.2, 0) is 19.2 Å². The summed E-state index contributed by atoms with van der Waals surface area (Å²) in [6.07, 6.45) is -1.70. The molecule has 100 valence electrons. The predicted molar refractivity (Wildman–Crippen MR) is 59.0 cm³/mol. The van der Waals surface area contributed by atoms with Crippen LogP contribution in [0.1, 0.15) is 12.8 Å². The van der Waals surface area contributed by atoms with Gasteiger partial charge in [-0.25, -0.2) is 0 Å². The average Bonchev–Trinajstić information content (AvgIpc) is 2.13. The quantitative estimate of drug-likeness (QED) is 0.305. The first-order valence-electron chi connectivity index (χ1n) is 4.39. The van der Waals surface area contributed by atoms with Crippen molar-refractivity contribution in [2.75, 3.05) is 0 Å². The Kier molecular flexibility index (Phi) is 9.81. The molecule has 0 aliphatic carbocycles. The molecule has 0 aromatic rings. The third-order valence-electron chi connectivity index (χ3n) is 1.76. The fourth-order valence-electron chi connectivity index (χ4n) is 1.03. The van der Waals surface area contributed by atoms with E-state index in [2.05, 4.69) is 0 Å². The van der Waals surface area contributed by atoms with Crippen LogP contribution in [0.3, 0.4) is 0 Å². The molecule has 0 fully saturated rings. The van der Waals surface area contributed by atoms with Crippen LogP contribution in [0.5, 0.6) is 0 Å². The van der Waals surface area contributed by atoms with Gasteiger partial charge in [0.25, 0.3) is 0 Å². The Labute approximate surface area is 131 Å². The minimum atomic E-state index is -1.66. The van der Waals surface area contributed by atoms with Crippen molar-refractivity contribution in [1.82, 2.24) is 5.32 Å². The van der Waals surface area contributed by atoms with Gasteiger partial charge < -0.3 is 20.4 Å². The molecule has 0 aromatic carbocycles. The van der Waals surface area contributed by atoms with Crippen LogP contribution in [0.15, 0.2) is 0 Å². The van der Waals surface area contributed by atoms with E-state index in [-0.39, 0.29) is 37.7 Å². The molecule has 0 spiro atoms. The summed E-state index contributed by atoms with van der Waals surface area (Å²) in [7, 11) is 0. The van der Waals surface area contributed by atoms with Gasteiger partial charge in [0, 0.05) is 0 Å². The topological polar surface area (TPSA) is 161 Å². The molecule has 2 unspecified atom stereocenters.